The molecule has 1 aliphatic rings. The highest BCUT2D eigenvalue weighted by atomic mass is 19.1. The predicted molar refractivity (Wildman–Crippen MR) is 92.0 cm³/mol. The van der Waals surface area contributed by atoms with Crippen LogP contribution >= 0.6 is 0 Å². The van der Waals surface area contributed by atoms with Gasteiger partial charge in [0.05, 0.1) is 18.8 Å². The minimum atomic E-state index is -0.625. The molecule has 1 saturated heterocycles. The van der Waals surface area contributed by atoms with Gasteiger partial charge in [0.25, 0.3) is 5.91 Å². The van der Waals surface area contributed by atoms with Crippen LogP contribution in [0.3, 0.4) is 0 Å². The van der Waals surface area contributed by atoms with E-state index in [-0.39, 0.29) is 23.8 Å². The summed E-state index contributed by atoms with van der Waals surface area (Å²) >= 11 is 0. The second-order valence-electron chi connectivity index (χ2n) is 5.63. The van der Waals surface area contributed by atoms with Gasteiger partial charge in [0.15, 0.2) is 0 Å². The quantitative estimate of drug-likeness (QED) is 0.607. The SMILES string of the molecule is CCOC(=O)c1cc(NC(=O)c2ccccc2F)ccc1OCC1CO1. The van der Waals surface area contributed by atoms with E-state index in [1.165, 1.54) is 24.3 Å². The van der Waals surface area contributed by atoms with Crippen LogP contribution in [0.25, 0.3) is 0 Å². The van der Waals surface area contributed by atoms with E-state index in [2.05, 4.69) is 5.32 Å². The van der Waals surface area contributed by atoms with E-state index < -0.39 is 17.7 Å². The van der Waals surface area contributed by atoms with Crippen LogP contribution in [0.1, 0.15) is 27.6 Å². The molecule has 1 fully saturated rings. The maximum atomic E-state index is 13.7. The summed E-state index contributed by atoms with van der Waals surface area (Å²) in [6, 6.07) is 10.2. The van der Waals surface area contributed by atoms with E-state index in [4.69, 9.17) is 14.2 Å². The zero-order valence-corrected chi connectivity index (χ0v) is 14.2. The Kier molecular flexibility index (Phi) is 5.48. The van der Waals surface area contributed by atoms with Gasteiger partial charge in [-0.05, 0) is 37.3 Å². The average molecular weight is 359 g/mol. The number of benzene rings is 2. The van der Waals surface area contributed by atoms with Crippen LogP contribution in [0.2, 0.25) is 0 Å². The number of hydrogen-bond acceptors (Lipinski definition) is 5. The highest BCUT2D eigenvalue weighted by molar-refractivity contribution is 6.05. The molecule has 3 rings (SSSR count). The Hall–Kier alpha value is -2.93. The Balaban J connectivity index is 1.80. The molecule has 1 amide bonds. The number of halogens is 1. The molecule has 26 heavy (non-hydrogen) atoms. The van der Waals surface area contributed by atoms with Crippen molar-refractivity contribution in [2.24, 2.45) is 0 Å². The molecule has 0 radical (unpaired) electrons. The van der Waals surface area contributed by atoms with Crippen molar-refractivity contribution in [3.8, 4) is 5.75 Å². The number of rotatable bonds is 7. The molecule has 7 heteroatoms. The van der Waals surface area contributed by atoms with Crippen molar-refractivity contribution in [1.82, 2.24) is 0 Å². The van der Waals surface area contributed by atoms with E-state index in [9.17, 15) is 14.0 Å². The molecule has 1 heterocycles. The molecule has 2 aromatic rings. The highest BCUT2D eigenvalue weighted by Crippen LogP contribution is 2.26. The van der Waals surface area contributed by atoms with Crippen molar-refractivity contribution >= 4 is 17.6 Å². The first-order valence-corrected chi connectivity index (χ1v) is 8.20. The molecule has 1 aliphatic heterocycles. The second-order valence-corrected chi connectivity index (χ2v) is 5.63. The number of hydrogen-bond donors (Lipinski definition) is 1. The van der Waals surface area contributed by atoms with Crippen LogP contribution < -0.4 is 10.1 Å². The van der Waals surface area contributed by atoms with Gasteiger partial charge in [-0.3, -0.25) is 4.79 Å². The lowest BCUT2D eigenvalue weighted by molar-refractivity contribution is 0.0521. The molecule has 136 valence electrons. The minimum absolute atomic E-state index is 0.0329. The topological polar surface area (TPSA) is 77.2 Å². The fourth-order valence-electron chi connectivity index (χ4n) is 2.29. The molecule has 0 bridgehead atoms. The number of carbonyl (C=O) groups excluding carboxylic acids is 2. The number of ether oxygens (including phenoxy) is 3. The van der Waals surface area contributed by atoms with Crippen LogP contribution in [0.5, 0.6) is 5.75 Å². The summed E-state index contributed by atoms with van der Waals surface area (Å²) in [5.74, 6) is -1.47. The lowest BCUT2D eigenvalue weighted by Gasteiger charge is -2.13. The lowest BCUT2D eigenvalue weighted by Crippen LogP contribution is -2.15. The summed E-state index contributed by atoms with van der Waals surface area (Å²) in [7, 11) is 0. The fourth-order valence-corrected chi connectivity index (χ4v) is 2.29. The lowest BCUT2D eigenvalue weighted by atomic mass is 10.1. The first kappa shape index (κ1) is 17.9. The maximum Gasteiger partial charge on any atom is 0.341 e. The third kappa shape index (κ3) is 4.37. The van der Waals surface area contributed by atoms with Gasteiger partial charge >= 0.3 is 5.97 Å². The number of epoxide rings is 1. The van der Waals surface area contributed by atoms with Gasteiger partial charge in [-0.25, -0.2) is 9.18 Å². The van der Waals surface area contributed by atoms with Crippen LogP contribution in [0.4, 0.5) is 10.1 Å². The maximum absolute atomic E-state index is 13.7. The van der Waals surface area contributed by atoms with Gasteiger partial charge in [0, 0.05) is 5.69 Å². The normalized spacial score (nSPS) is 15.2. The Morgan fingerprint density at radius 1 is 1.23 bits per heavy atom. The Labute approximate surface area is 149 Å². The van der Waals surface area contributed by atoms with Gasteiger partial charge in [0.1, 0.15) is 29.8 Å². The van der Waals surface area contributed by atoms with Crippen molar-refractivity contribution in [3.63, 3.8) is 0 Å². The molecular weight excluding hydrogens is 341 g/mol. The zero-order valence-electron chi connectivity index (χ0n) is 14.2. The molecule has 6 nitrogen and oxygen atoms in total. The van der Waals surface area contributed by atoms with E-state index in [1.54, 1.807) is 25.1 Å². The summed E-state index contributed by atoms with van der Waals surface area (Å²) in [4.78, 5) is 24.4. The van der Waals surface area contributed by atoms with Crippen LogP contribution in [0.15, 0.2) is 42.5 Å². The Bertz CT molecular complexity index is 819. The molecule has 0 saturated carbocycles. The third-order valence-corrected chi connectivity index (χ3v) is 3.68. The first-order chi connectivity index (χ1) is 12.6. The van der Waals surface area contributed by atoms with Crippen LogP contribution in [-0.2, 0) is 9.47 Å². The third-order valence-electron chi connectivity index (χ3n) is 3.68. The molecule has 2 aromatic carbocycles. The number of nitrogens with one attached hydrogen (secondary N) is 1. The number of esters is 1. The first-order valence-electron chi connectivity index (χ1n) is 8.20. The molecule has 1 unspecified atom stereocenters. The number of amides is 1. The molecule has 0 aromatic heterocycles. The van der Waals surface area contributed by atoms with Gasteiger partial charge in [0.2, 0.25) is 0 Å². The molecule has 1 atom stereocenters. The summed E-state index contributed by atoms with van der Waals surface area (Å²) in [5.41, 5.74) is 0.423. The van der Waals surface area contributed by atoms with Gasteiger partial charge in [-0.2, -0.15) is 0 Å². The van der Waals surface area contributed by atoms with Crippen molar-refractivity contribution < 1.29 is 28.2 Å². The average Bonchev–Trinajstić information content (AvgIpc) is 3.45. The highest BCUT2D eigenvalue weighted by Gasteiger charge is 2.24. The van der Waals surface area contributed by atoms with Crippen molar-refractivity contribution in [3.05, 3.63) is 59.4 Å². The molecule has 1 N–H and O–H groups in total. The predicted octanol–water partition coefficient (Wildman–Crippen LogP) is 3.03. The Morgan fingerprint density at radius 3 is 2.69 bits per heavy atom. The summed E-state index contributed by atoms with van der Waals surface area (Å²) in [6.45, 7) is 2.86. The monoisotopic (exact) mass is 359 g/mol. The smallest absolute Gasteiger partial charge is 0.341 e. The second kappa shape index (κ2) is 7.97. The van der Waals surface area contributed by atoms with E-state index in [1.807, 2.05) is 0 Å². The molecule has 0 spiro atoms. The molecule has 0 aliphatic carbocycles. The standard InChI is InChI=1S/C19H18FNO5/c1-2-24-19(23)15-9-12(7-8-17(15)26-11-13-10-25-13)21-18(22)14-5-3-4-6-16(14)20/h3-9,13H,2,10-11H2,1H3,(H,21,22). The van der Waals surface area contributed by atoms with E-state index in [0.717, 1.165) is 0 Å². The van der Waals surface area contributed by atoms with Gasteiger partial charge in [-0.1, -0.05) is 12.1 Å². The van der Waals surface area contributed by atoms with Gasteiger partial charge < -0.3 is 19.5 Å². The largest absolute Gasteiger partial charge is 0.490 e. The minimum Gasteiger partial charge on any atom is -0.490 e. The summed E-state index contributed by atoms with van der Waals surface area (Å²) in [6.07, 6.45) is 0.0329. The van der Waals surface area contributed by atoms with Crippen LogP contribution in [-0.4, -0.2) is 37.8 Å². The van der Waals surface area contributed by atoms with Gasteiger partial charge in [-0.15, -0.1) is 0 Å². The van der Waals surface area contributed by atoms with E-state index in [0.29, 0.717) is 24.7 Å². The van der Waals surface area contributed by atoms with Crippen LogP contribution in [0, 0.1) is 5.82 Å². The zero-order chi connectivity index (χ0) is 18.5. The number of anilines is 1. The number of carbonyl (C=O) groups is 2. The molecular formula is C19H18FNO5. The van der Waals surface area contributed by atoms with Crippen molar-refractivity contribution in [2.45, 2.75) is 13.0 Å². The fraction of sp³-hybridized carbons (Fsp3) is 0.263. The van der Waals surface area contributed by atoms with Crippen molar-refractivity contribution in [1.29, 1.82) is 0 Å². The van der Waals surface area contributed by atoms with Crippen molar-refractivity contribution in [2.75, 3.05) is 25.1 Å². The van der Waals surface area contributed by atoms with E-state index >= 15 is 0 Å². The summed E-state index contributed by atoms with van der Waals surface area (Å²) < 4.78 is 29.4. The summed E-state index contributed by atoms with van der Waals surface area (Å²) in [5, 5.41) is 2.57. The Morgan fingerprint density at radius 2 is 2.00 bits per heavy atom.